The van der Waals surface area contributed by atoms with E-state index in [4.69, 9.17) is 9.47 Å². The molecular formula is C81H144O5. The van der Waals surface area contributed by atoms with Crippen LogP contribution in [0.4, 0.5) is 0 Å². The van der Waals surface area contributed by atoms with E-state index in [0.717, 1.165) is 96.3 Å². The van der Waals surface area contributed by atoms with Gasteiger partial charge in [-0.2, -0.15) is 0 Å². The van der Waals surface area contributed by atoms with E-state index < -0.39 is 6.10 Å². The summed E-state index contributed by atoms with van der Waals surface area (Å²) in [4.78, 5) is 24.7. The second kappa shape index (κ2) is 76.1. The summed E-state index contributed by atoms with van der Waals surface area (Å²) in [5, 5.41) is 9.71. The van der Waals surface area contributed by atoms with Gasteiger partial charge in [-0.15, -0.1) is 0 Å². The van der Waals surface area contributed by atoms with E-state index in [2.05, 4.69) is 111 Å². The van der Waals surface area contributed by atoms with Gasteiger partial charge in [0.15, 0.2) is 6.10 Å². The van der Waals surface area contributed by atoms with Gasteiger partial charge in [0.1, 0.15) is 6.61 Å². The van der Waals surface area contributed by atoms with Crippen LogP contribution < -0.4 is 0 Å². The molecule has 0 aliphatic rings. The SMILES string of the molecule is CC/C=C\C/C=C\C/C=C\C/C=C\C/C=C\C/C=C\C/C=C\C/C=C\CCCCCCCCC(=O)OC(CO)COC(=O)CCCCCCCCCCCCCCCCCCCCCCCCCCCCCCCCCCCCCCCCCCC. The summed E-state index contributed by atoms with van der Waals surface area (Å²) in [6.07, 6.45) is 109. The molecule has 0 aromatic rings. The Morgan fingerprint density at radius 3 is 0.756 bits per heavy atom. The molecule has 0 bridgehead atoms. The third kappa shape index (κ3) is 73.3. The molecule has 0 aliphatic heterocycles. The molecule has 0 rings (SSSR count). The summed E-state index contributed by atoms with van der Waals surface area (Å²) < 4.78 is 10.8. The number of hydrogen-bond acceptors (Lipinski definition) is 5. The second-order valence-corrected chi connectivity index (χ2v) is 25.4. The first-order valence-electron chi connectivity index (χ1n) is 37.8. The van der Waals surface area contributed by atoms with Gasteiger partial charge in [0.25, 0.3) is 0 Å². The fraction of sp³-hybridized carbons (Fsp3) is 0.778. The van der Waals surface area contributed by atoms with Crippen LogP contribution in [0.15, 0.2) is 97.2 Å². The number of ether oxygens (including phenoxy) is 2. The molecule has 86 heavy (non-hydrogen) atoms. The Bertz CT molecular complexity index is 1600. The van der Waals surface area contributed by atoms with Gasteiger partial charge in [0, 0.05) is 12.8 Å². The third-order valence-electron chi connectivity index (χ3n) is 16.9. The number of aliphatic hydroxyl groups excluding tert-OH is 1. The van der Waals surface area contributed by atoms with Crippen LogP contribution in [-0.2, 0) is 19.1 Å². The normalized spacial score (nSPS) is 12.7. The molecule has 0 aromatic carbocycles. The monoisotopic (exact) mass is 1200 g/mol. The Morgan fingerprint density at radius 1 is 0.279 bits per heavy atom. The van der Waals surface area contributed by atoms with E-state index >= 15 is 0 Å². The Balaban J connectivity index is 3.44. The first kappa shape index (κ1) is 82.8. The van der Waals surface area contributed by atoms with Gasteiger partial charge in [0.2, 0.25) is 0 Å². The highest BCUT2D eigenvalue weighted by molar-refractivity contribution is 5.70. The average molecular weight is 1200 g/mol. The molecule has 1 unspecified atom stereocenters. The fourth-order valence-electron chi connectivity index (χ4n) is 11.3. The molecule has 0 fully saturated rings. The van der Waals surface area contributed by atoms with Crippen molar-refractivity contribution in [3.63, 3.8) is 0 Å². The molecule has 1 atom stereocenters. The summed E-state index contributed by atoms with van der Waals surface area (Å²) in [5.74, 6) is -0.597. The zero-order valence-corrected chi connectivity index (χ0v) is 57.3. The van der Waals surface area contributed by atoms with Crippen molar-refractivity contribution < 1.29 is 24.2 Å². The summed E-state index contributed by atoms with van der Waals surface area (Å²) in [6, 6.07) is 0. The van der Waals surface area contributed by atoms with Crippen LogP contribution >= 0.6 is 0 Å². The Labute approximate surface area is 536 Å². The van der Waals surface area contributed by atoms with Crippen LogP contribution in [0.25, 0.3) is 0 Å². The molecule has 0 aliphatic carbocycles. The van der Waals surface area contributed by atoms with Gasteiger partial charge in [-0.25, -0.2) is 0 Å². The lowest BCUT2D eigenvalue weighted by Gasteiger charge is -2.15. The first-order valence-corrected chi connectivity index (χ1v) is 37.8. The summed E-state index contributed by atoms with van der Waals surface area (Å²) in [5.41, 5.74) is 0. The topological polar surface area (TPSA) is 72.8 Å². The van der Waals surface area contributed by atoms with Crippen LogP contribution in [0.5, 0.6) is 0 Å². The number of aliphatic hydroxyl groups is 1. The lowest BCUT2D eigenvalue weighted by atomic mass is 10.0. The van der Waals surface area contributed by atoms with Crippen LogP contribution in [0, 0.1) is 0 Å². The molecule has 0 saturated heterocycles. The molecule has 0 spiro atoms. The molecular weight excluding hydrogens is 1050 g/mol. The molecule has 0 radical (unpaired) electrons. The minimum Gasteiger partial charge on any atom is -0.462 e. The van der Waals surface area contributed by atoms with Crippen molar-refractivity contribution in [2.75, 3.05) is 13.2 Å². The van der Waals surface area contributed by atoms with Crippen LogP contribution in [0.3, 0.4) is 0 Å². The number of carbonyl (C=O) groups excluding carboxylic acids is 2. The Hall–Kier alpha value is -3.18. The van der Waals surface area contributed by atoms with E-state index in [1.54, 1.807) is 0 Å². The molecule has 1 N–H and O–H groups in total. The minimum atomic E-state index is -0.787. The summed E-state index contributed by atoms with van der Waals surface area (Å²) in [7, 11) is 0. The average Bonchev–Trinajstić information content (AvgIpc) is 3.55. The highest BCUT2D eigenvalue weighted by atomic mass is 16.6. The Morgan fingerprint density at radius 2 is 0.500 bits per heavy atom. The maximum absolute atomic E-state index is 12.4. The van der Waals surface area contributed by atoms with Crippen molar-refractivity contribution in [1.29, 1.82) is 0 Å². The minimum absolute atomic E-state index is 0.0735. The van der Waals surface area contributed by atoms with Crippen LogP contribution in [0.2, 0.25) is 0 Å². The van der Waals surface area contributed by atoms with Crippen molar-refractivity contribution >= 4 is 11.9 Å². The highest BCUT2D eigenvalue weighted by Gasteiger charge is 2.16. The van der Waals surface area contributed by atoms with Gasteiger partial charge in [-0.05, 0) is 77.0 Å². The molecule has 0 heterocycles. The predicted octanol–water partition coefficient (Wildman–Crippen LogP) is 26.5. The summed E-state index contributed by atoms with van der Waals surface area (Å²) >= 11 is 0. The zero-order chi connectivity index (χ0) is 61.9. The lowest BCUT2D eigenvalue weighted by molar-refractivity contribution is -0.161. The Kier molecular flexibility index (Phi) is 73.3. The van der Waals surface area contributed by atoms with Gasteiger partial charge in [-0.1, -0.05) is 394 Å². The lowest BCUT2D eigenvalue weighted by Crippen LogP contribution is -2.28. The standard InChI is InChI=1S/C81H144O5/c1-3-5-7-9-11-13-15-17-19-21-23-25-27-29-31-33-35-36-37-38-39-40-41-42-43-44-46-47-49-51-53-55-57-59-61-63-65-67-69-71-73-75-80(83)85-78-79(77-82)86-81(84)76-74-72-70-68-66-64-62-60-58-56-54-52-50-48-45-34-32-30-28-26-24-22-20-18-16-14-12-10-8-6-4-2/h6,8,12,14,18,20,24,26,30,32,45,48,52,54,58,60,79,82H,3-5,7,9-11,13,15-17,19,21-23,25,27-29,31,33-44,46-47,49-51,53,55-57,59,61-78H2,1-2H3/b8-6-,14-12-,20-18-,26-24-,32-30-,48-45-,54-52-,60-58-. The van der Waals surface area contributed by atoms with E-state index in [1.165, 1.54) is 263 Å². The molecule has 5 heteroatoms. The number of carbonyl (C=O) groups is 2. The van der Waals surface area contributed by atoms with Crippen LogP contribution in [0.1, 0.15) is 386 Å². The van der Waals surface area contributed by atoms with Crippen molar-refractivity contribution in [2.45, 2.75) is 392 Å². The largest absolute Gasteiger partial charge is 0.462 e. The van der Waals surface area contributed by atoms with Gasteiger partial charge in [0.05, 0.1) is 6.61 Å². The van der Waals surface area contributed by atoms with Crippen molar-refractivity contribution in [3.05, 3.63) is 97.2 Å². The first-order chi connectivity index (χ1) is 42.6. The second-order valence-electron chi connectivity index (χ2n) is 25.4. The molecule has 5 nitrogen and oxygen atoms in total. The number of allylic oxidation sites excluding steroid dienone is 16. The van der Waals surface area contributed by atoms with E-state index in [9.17, 15) is 14.7 Å². The van der Waals surface area contributed by atoms with E-state index in [-0.39, 0.29) is 25.2 Å². The van der Waals surface area contributed by atoms with Gasteiger partial charge >= 0.3 is 11.9 Å². The number of rotatable bonds is 70. The highest BCUT2D eigenvalue weighted by Crippen LogP contribution is 2.19. The quantitative estimate of drug-likeness (QED) is 0.0373. The molecule has 0 saturated carbocycles. The zero-order valence-electron chi connectivity index (χ0n) is 57.3. The smallest absolute Gasteiger partial charge is 0.306 e. The number of esters is 2. The summed E-state index contributed by atoms with van der Waals surface area (Å²) in [6.45, 7) is 4.06. The fourth-order valence-corrected chi connectivity index (χ4v) is 11.3. The van der Waals surface area contributed by atoms with Gasteiger partial charge in [-0.3, -0.25) is 9.59 Å². The van der Waals surface area contributed by atoms with Crippen molar-refractivity contribution in [1.82, 2.24) is 0 Å². The maximum atomic E-state index is 12.4. The predicted molar refractivity (Wildman–Crippen MR) is 380 cm³/mol. The maximum Gasteiger partial charge on any atom is 0.306 e. The molecule has 498 valence electrons. The van der Waals surface area contributed by atoms with E-state index in [1.807, 2.05) is 0 Å². The molecule has 0 aromatic heterocycles. The van der Waals surface area contributed by atoms with Crippen molar-refractivity contribution in [3.8, 4) is 0 Å². The van der Waals surface area contributed by atoms with E-state index in [0.29, 0.717) is 12.8 Å². The third-order valence-corrected chi connectivity index (χ3v) is 16.9. The van der Waals surface area contributed by atoms with Crippen LogP contribution in [-0.4, -0.2) is 36.4 Å². The number of hydrogen-bond donors (Lipinski definition) is 1. The van der Waals surface area contributed by atoms with Gasteiger partial charge < -0.3 is 14.6 Å². The number of unbranched alkanes of at least 4 members (excludes halogenated alkanes) is 46. The van der Waals surface area contributed by atoms with Crippen molar-refractivity contribution in [2.24, 2.45) is 0 Å². The molecule has 0 amide bonds.